The van der Waals surface area contributed by atoms with Crippen molar-refractivity contribution in [3.63, 3.8) is 0 Å². The molecular weight excluding hydrogens is 276 g/mol. The molecule has 1 fully saturated rings. The number of benzene rings is 1. The van der Waals surface area contributed by atoms with Crippen molar-refractivity contribution in [3.8, 4) is 0 Å². The fourth-order valence-electron chi connectivity index (χ4n) is 3.59. The average Bonchev–Trinajstić information content (AvgIpc) is 3.15. The van der Waals surface area contributed by atoms with E-state index in [1.165, 1.54) is 0 Å². The SMILES string of the molecule is CN(C)c1ccc(C23Cn4cccc4C(=O)N2CCN3)cc1. The van der Waals surface area contributed by atoms with E-state index in [0.29, 0.717) is 0 Å². The van der Waals surface area contributed by atoms with Crippen LogP contribution >= 0.6 is 0 Å². The average molecular weight is 296 g/mol. The largest absolute Gasteiger partial charge is 0.378 e. The van der Waals surface area contributed by atoms with Gasteiger partial charge in [-0.15, -0.1) is 0 Å². The zero-order valence-corrected chi connectivity index (χ0v) is 12.9. The van der Waals surface area contributed by atoms with Crippen molar-refractivity contribution < 1.29 is 4.79 Å². The summed E-state index contributed by atoms with van der Waals surface area (Å²) in [5.74, 6) is 0.109. The first-order valence-electron chi connectivity index (χ1n) is 7.62. The zero-order chi connectivity index (χ0) is 15.3. The molecule has 5 nitrogen and oxygen atoms in total. The van der Waals surface area contributed by atoms with Crippen LogP contribution in [0.4, 0.5) is 5.69 Å². The summed E-state index contributed by atoms with van der Waals surface area (Å²) in [6.45, 7) is 2.33. The molecule has 0 aliphatic carbocycles. The van der Waals surface area contributed by atoms with Crippen molar-refractivity contribution in [1.82, 2.24) is 14.8 Å². The van der Waals surface area contributed by atoms with Crippen LogP contribution in [0.1, 0.15) is 16.1 Å². The maximum absolute atomic E-state index is 12.8. The molecule has 1 unspecified atom stereocenters. The minimum absolute atomic E-state index is 0.109. The van der Waals surface area contributed by atoms with Gasteiger partial charge < -0.3 is 14.4 Å². The fourth-order valence-corrected chi connectivity index (χ4v) is 3.59. The third-order valence-electron chi connectivity index (χ3n) is 4.77. The zero-order valence-electron chi connectivity index (χ0n) is 12.9. The Morgan fingerprint density at radius 1 is 1.18 bits per heavy atom. The highest BCUT2D eigenvalue weighted by Gasteiger charge is 2.49. The topological polar surface area (TPSA) is 40.5 Å². The first-order chi connectivity index (χ1) is 10.6. The van der Waals surface area contributed by atoms with E-state index in [0.717, 1.165) is 36.6 Å². The minimum Gasteiger partial charge on any atom is -0.378 e. The van der Waals surface area contributed by atoms with Gasteiger partial charge in [0.05, 0.1) is 6.54 Å². The van der Waals surface area contributed by atoms with Gasteiger partial charge in [0, 0.05) is 39.1 Å². The van der Waals surface area contributed by atoms with E-state index >= 15 is 0 Å². The fraction of sp³-hybridized carbons (Fsp3) is 0.353. The molecule has 0 bridgehead atoms. The van der Waals surface area contributed by atoms with Crippen LogP contribution in [-0.2, 0) is 12.2 Å². The van der Waals surface area contributed by atoms with Gasteiger partial charge >= 0.3 is 0 Å². The van der Waals surface area contributed by atoms with Crippen LogP contribution in [-0.4, -0.2) is 42.6 Å². The second kappa shape index (κ2) is 4.61. The highest BCUT2D eigenvalue weighted by molar-refractivity contribution is 5.94. The standard InChI is InChI=1S/C17H20N4O/c1-19(2)14-7-5-13(6-8-14)17-12-20-10-3-4-15(20)16(22)21(17)11-9-18-17/h3-8,10,18H,9,11-12H2,1-2H3. The van der Waals surface area contributed by atoms with E-state index in [4.69, 9.17) is 0 Å². The lowest BCUT2D eigenvalue weighted by Gasteiger charge is -2.43. The monoisotopic (exact) mass is 296 g/mol. The molecule has 3 heterocycles. The molecule has 0 spiro atoms. The summed E-state index contributed by atoms with van der Waals surface area (Å²) in [5.41, 5.74) is 2.66. The highest BCUT2D eigenvalue weighted by Crippen LogP contribution is 2.36. The van der Waals surface area contributed by atoms with E-state index in [-0.39, 0.29) is 5.91 Å². The predicted molar refractivity (Wildman–Crippen MR) is 85.9 cm³/mol. The van der Waals surface area contributed by atoms with Gasteiger partial charge in [-0.25, -0.2) is 0 Å². The van der Waals surface area contributed by atoms with Crippen LogP contribution in [0.2, 0.25) is 0 Å². The van der Waals surface area contributed by atoms with Gasteiger partial charge in [-0.05, 0) is 29.8 Å². The highest BCUT2D eigenvalue weighted by atomic mass is 16.2. The lowest BCUT2D eigenvalue weighted by Crippen LogP contribution is -2.57. The number of rotatable bonds is 2. The Labute approximate surface area is 130 Å². The van der Waals surface area contributed by atoms with E-state index in [2.05, 4.69) is 39.0 Å². The van der Waals surface area contributed by atoms with Gasteiger partial charge in [-0.1, -0.05) is 12.1 Å². The lowest BCUT2D eigenvalue weighted by atomic mass is 9.95. The molecule has 1 saturated heterocycles. The maximum atomic E-state index is 12.8. The number of nitrogens with zero attached hydrogens (tertiary/aromatic N) is 3. The van der Waals surface area contributed by atoms with Gasteiger partial charge in [-0.2, -0.15) is 0 Å². The number of carbonyl (C=O) groups excluding carboxylic acids is 1. The lowest BCUT2D eigenvalue weighted by molar-refractivity contribution is 0.0398. The Balaban J connectivity index is 1.80. The van der Waals surface area contributed by atoms with Crippen molar-refractivity contribution in [2.24, 2.45) is 0 Å². The van der Waals surface area contributed by atoms with Crippen LogP contribution < -0.4 is 10.2 Å². The summed E-state index contributed by atoms with van der Waals surface area (Å²) in [6, 6.07) is 12.3. The van der Waals surface area contributed by atoms with E-state index in [1.807, 2.05) is 37.3 Å². The Bertz CT molecular complexity index is 719. The van der Waals surface area contributed by atoms with E-state index in [9.17, 15) is 4.79 Å². The number of aromatic nitrogens is 1. The molecule has 1 aromatic heterocycles. The van der Waals surface area contributed by atoms with Crippen molar-refractivity contribution in [1.29, 1.82) is 0 Å². The molecule has 5 heteroatoms. The number of carbonyl (C=O) groups is 1. The van der Waals surface area contributed by atoms with Crippen LogP contribution in [0.15, 0.2) is 42.6 Å². The first-order valence-corrected chi connectivity index (χ1v) is 7.62. The van der Waals surface area contributed by atoms with E-state index < -0.39 is 5.66 Å². The minimum atomic E-state index is -0.423. The summed E-state index contributed by atoms with van der Waals surface area (Å²) in [6.07, 6.45) is 1.99. The van der Waals surface area contributed by atoms with Gasteiger partial charge in [-0.3, -0.25) is 10.1 Å². The molecule has 0 radical (unpaired) electrons. The van der Waals surface area contributed by atoms with Gasteiger partial charge in [0.15, 0.2) is 0 Å². The summed E-state index contributed by atoms with van der Waals surface area (Å²) in [4.78, 5) is 16.8. The first kappa shape index (κ1) is 13.4. The summed E-state index contributed by atoms with van der Waals surface area (Å²) < 4.78 is 2.05. The van der Waals surface area contributed by atoms with Gasteiger partial charge in [0.25, 0.3) is 5.91 Å². The number of nitrogens with one attached hydrogen (secondary N) is 1. The Kier molecular flexibility index (Phi) is 2.81. The van der Waals surface area contributed by atoms with Gasteiger partial charge in [0.1, 0.15) is 11.4 Å². The predicted octanol–water partition coefficient (Wildman–Crippen LogP) is 1.47. The van der Waals surface area contributed by atoms with Crippen molar-refractivity contribution >= 4 is 11.6 Å². The third-order valence-corrected chi connectivity index (χ3v) is 4.77. The number of hydrogen-bond acceptors (Lipinski definition) is 3. The molecule has 4 rings (SSSR count). The van der Waals surface area contributed by atoms with E-state index in [1.54, 1.807) is 0 Å². The van der Waals surface area contributed by atoms with Crippen molar-refractivity contribution in [2.75, 3.05) is 32.1 Å². The van der Waals surface area contributed by atoms with Crippen molar-refractivity contribution in [3.05, 3.63) is 53.9 Å². The van der Waals surface area contributed by atoms with Crippen molar-refractivity contribution in [2.45, 2.75) is 12.2 Å². The number of hydrogen-bond donors (Lipinski definition) is 1. The quantitative estimate of drug-likeness (QED) is 0.912. The number of fused-ring (bicyclic) bond motifs is 2. The molecule has 2 aliphatic rings. The Hall–Kier alpha value is -2.27. The van der Waals surface area contributed by atoms with Crippen LogP contribution in [0.3, 0.4) is 0 Å². The molecular formula is C17H20N4O. The smallest absolute Gasteiger partial charge is 0.272 e. The molecule has 0 saturated carbocycles. The second-order valence-corrected chi connectivity index (χ2v) is 6.21. The molecule has 1 amide bonds. The van der Waals surface area contributed by atoms with Gasteiger partial charge in [0.2, 0.25) is 0 Å². The Morgan fingerprint density at radius 2 is 1.95 bits per heavy atom. The summed E-state index contributed by atoms with van der Waals surface area (Å²) in [5, 5.41) is 3.57. The summed E-state index contributed by atoms with van der Waals surface area (Å²) >= 11 is 0. The summed E-state index contributed by atoms with van der Waals surface area (Å²) in [7, 11) is 4.06. The molecule has 114 valence electrons. The molecule has 1 N–H and O–H groups in total. The van der Waals surface area contributed by atoms with Crippen LogP contribution in [0.25, 0.3) is 0 Å². The maximum Gasteiger partial charge on any atom is 0.272 e. The second-order valence-electron chi connectivity index (χ2n) is 6.21. The molecule has 2 aromatic rings. The number of anilines is 1. The van der Waals surface area contributed by atoms with Crippen LogP contribution in [0.5, 0.6) is 0 Å². The Morgan fingerprint density at radius 3 is 2.68 bits per heavy atom. The third kappa shape index (κ3) is 1.72. The molecule has 1 aromatic carbocycles. The molecule has 2 aliphatic heterocycles. The normalized spacial score (nSPS) is 23.4. The molecule has 22 heavy (non-hydrogen) atoms. The molecule has 1 atom stereocenters. The number of amides is 1. The van der Waals surface area contributed by atoms with Crippen LogP contribution in [0, 0.1) is 0 Å².